The molecule has 0 saturated carbocycles. The Kier molecular flexibility index (Phi) is 6.93. The van der Waals surface area contributed by atoms with Crippen LogP contribution in [0.1, 0.15) is 54.1 Å². The van der Waals surface area contributed by atoms with Gasteiger partial charge in [0.15, 0.2) is 0 Å². The molecule has 2 aliphatic rings. The topological polar surface area (TPSA) is 43.8 Å². The molecule has 5 heteroatoms. The average molecular weight is 435 g/mol. The third kappa shape index (κ3) is 4.72. The van der Waals surface area contributed by atoms with Gasteiger partial charge in [-0.3, -0.25) is 9.69 Å². The van der Waals surface area contributed by atoms with Crippen molar-refractivity contribution in [2.45, 2.75) is 44.7 Å². The van der Waals surface area contributed by atoms with Crippen LogP contribution >= 0.6 is 0 Å². The number of fused-ring (bicyclic) bond motifs is 1. The van der Waals surface area contributed by atoms with E-state index in [1.807, 2.05) is 17.0 Å². The summed E-state index contributed by atoms with van der Waals surface area (Å²) in [7, 11) is 0. The quantitative estimate of drug-likeness (QED) is 0.746. The van der Waals surface area contributed by atoms with E-state index in [1.54, 1.807) is 12.1 Å². The number of aliphatic hydroxyl groups excluding tert-OH is 1. The minimum Gasteiger partial charge on any atom is -0.395 e. The molecule has 3 atom stereocenters. The first-order valence-corrected chi connectivity index (χ1v) is 11.5. The highest BCUT2D eigenvalue weighted by Crippen LogP contribution is 2.42. The Hall–Kier alpha value is -2.68. The highest BCUT2D eigenvalue weighted by Gasteiger charge is 2.49. The Morgan fingerprint density at radius 1 is 1.09 bits per heavy atom. The lowest BCUT2D eigenvalue weighted by Crippen LogP contribution is -2.67. The molecule has 0 spiro atoms. The van der Waals surface area contributed by atoms with E-state index in [9.17, 15) is 14.3 Å². The molecule has 2 aromatic rings. The van der Waals surface area contributed by atoms with E-state index in [1.165, 1.54) is 17.7 Å². The maximum absolute atomic E-state index is 13.3. The monoisotopic (exact) mass is 434 g/mol. The Balaban J connectivity index is 1.55. The van der Waals surface area contributed by atoms with Gasteiger partial charge in [0.05, 0.1) is 6.61 Å². The molecular weight excluding hydrogens is 403 g/mol. The van der Waals surface area contributed by atoms with E-state index >= 15 is 0 Å². The molecule has 168 valence electrons. The second-order valence-corrected chi connectivity index (χ2v) is 9.09. The summed E-state index contributed by atoms with van der Waals surface area (Å²) in [5, 5.41) is 10.1. The number of benzene rings is 2. The maximum Gasteiger partial charge on any atom is 0.253 e. The van der Waals surface area contributed by atoms with Gasteiger partial charge in [0.2, 0.25) is 0 Å². The molecule has 4 nitrogen and oxygen atoms in total. The number of rotatable bonds is 3. The van der Waals surface area contributed by atoms with Crippen LogP contribution in [0.4, 0.5) is 4.39 Å². The summed E-state index contributed by atoms with van der Waals surface area (Å²) in [6, 6.07) is 14.3. The summed E-state index contributed by atoms with van der Waals surface area (Å²) >= 11 is 0. The molecule has 1 amide bonds. The number of carbonyl (C=O) groups is 1. The molecule has 2 fully saturated rings. The summed E-state index contributed by atoms with van der Waals surface area (Å²) in [6.07, 6.45) is 1.90. The van der Waals surface area contributed by atoms with E-state index in [0.29, 0.717) is 24.6 Å². The fourth-order valence-electron chi connectivity index (χ4n) is 4.92. The summed E-state index contributed by atoms with van der Waals surface area (Å²) < 4.78 is 13.3. The first kappa shape index (κ1) is 22.5. The van der Waals surface area contributed by atoms with Crippen LogP contribution in [-0.2, 0) is 0 Å². The highest BCUT2D eigenvalue weighted by atomic mass is 19.1. The SMILES string of the molecule is CC(C)C#Cc1ccc([C@H]2[C@@H](CO)N3CCCCN(C(=O)c4ccc(F)cc4)C[C@@H]23)cc1. The third-order valence-electron chi connectivity index (χ3n) is 6.55. The average Bonchev–Trinajstić information content (AvgIpc) is 2.77. The third-order valence-corrected chi connectivity index (χ3v) is 6.55. The van der Waals surface area contributed by atoms with Crippen molar-refractivity contribution >= 4 is 5.91 Å². The van der Waals surface area contributed by atoms with Crippen molar-refractivity contribution in [1.29, 1.82) is 0 Å². The Labute approximate surface area is 190 Å². The number of carbonyl (C=O) groups excluding carboxylic acids is 1. The molecule has 0 aromatic heterocycles. The van der Waals surface area contributed by atoms with Gasteiger partial charge in [-0.1, -0.05) is 37.8 Å². The predicted molar refractivity (Wildman–Crippen MR) is 124 cm³/mol. The highest BCUT2D eigenvalue weighted by molar-refractivity contribution is 5.94. The molecule has 0 bridgehead atoms. The fourth-order valence-corrected chi connectivity index (χ4v) is 4.92. The predicted octanol–water partition coefficient (Wildman–Crippen LogP) is 3.90. The van der Waals surface area contributed by atoms with Crippen molar-refractivity contribution in [3.63, 3.8) is 0 Å². The minimum atomic E-state index is -0.341. The Morgan fingerprint density at radius 3 is 2.44 bits per heavy atom. The zero-order chi connectivity index (χ0) is 22.7. The van der Waals surface area contributed by atoms with E-state index in [2.05, 4.69) is 42.7 Å². The lowest BCUT2D eigenvalue weighted by molar-refractivity contribution is -0.0606. The largest absolute Gasteiger partial charge is 0.395 e. The first-order valence-electron chi connectivity index (χ1n) is 11.5. The number of halogens is 1. The van der Waals surface area contributed by atoms with Gasteiger partial charge in [-0.25, -0.2) is 4.39 Å². The lowest BCUT2D eigenvalue weighted by atomic mass is 9.74. The molecular formula is C27H31FN2O2. The molecule has 4 rings (SSSR count). The van der Waals surface area contributed by atoms with E-state index < -0.39 is 0 Å². The van der Waals surface area contributed by atoms with E-state index in [0.717, 1.165) is 24.9 Å². The van der Waals surface area contributed by atoms with Gasteiger partial charge in [0.1, 0.15) is 5.82 Å². The van der Waals surface area contributed by atoms with Crippen LogP contribution in [0.15, 0.2) is 48.5 Å². The van der Waals surface area contributed by atoms with E-state index in [4.69, 9.17) is 0 Å². The molecule has 2 heterocycles. The number of nitrogens with zero attached hydrogens (tertiary/aromatic N) is 2. The summed E-state index contributed by atoms with van der Waals surface area (Å²) in [5.74, 6) is 6.48. The Bertz CT molecular complexity index is 991. The van der Waals surface area contributed by atoms with E-state index in [-0.39, 0.29) is 36.3 Å². The van der Waals surface area contributed by atoms with Crippen LogP contribution in [0.25, 0.3) is 0 Å². The van der Waals surface area contributed by atoms with Gasteiger partial charge < -0.3 is 10.0 Å². The molecule has 2 saturated heterocycles. The smallest absolute Gasteiger partial charge is 0.253 e. The normalized spacial score (nSPS) is 23.4. The van der Waals surface area contributed by atoms with Gasteiger partial charge in [-0.05, 0) is 61.3 Å². The van der Waals surface area contributed by atoms with Crippen LogP contribution in [0.2, 0.25) is 0 Å². The number of hydrogen-bond acceptors (Lipinski definition) is 3. The van der Waals surface area contributed by atoms with Crippen molar-refractivity contribution in [2.75, 3.05) is 26.2 Å². The zero-order valence-corrected chi connectivity index (χ0v) is 18.8. The van der Waals surface area contributed by atoms with Gasteiger partial charge in [0, 0.05) is 48.1 Å². The van der Waals surface area contributed by atoms with Crippen LogP contribution in [0.5, 0.6) is 0 Å². The summed E-state index contributed by atoms with van der Waals surface area (Å²) in [6.45, 7) is 6.48. The standard InChI is InChI=1S/C27H31FN2O2/c1-19(2)5-6-20-7-9-21(10-8-20)26-24-17-29(15-3-4-16-30(24)25(26)18-31)27(32)22-11-13-23(28)14-12-22/h7-14,19,24-26,31H,3-4,15-18H2,1-2H3/t24-,25+,26+/m0/s1. The minimum absolute atomic E-state index is 0.0580. The zero-order valence-electron chi connectivity index (χ0n) is 18.8. The van der Waals surface area contributed by atoms with Gasteiger partial charge in [0.25, 0.3) is 5.91 Å². The van der Waals surface area contributed by atoms with Crippen LogP contribution < -0.4 is 0 Å². The van der Waals surface area contributed by atoms with Crippen LogP contribution in [0, 0.1) is 23.6 Å². The van der Waals surface area contributed by atoms with Crippen molar-refractivity contribution in [3.05, 3.63) is 71.0 Å². The van der Waals surface area contributed by atoms with Crippen molar-refractivity contribution < 1.29 is 14.3 Å². The molecule has 0 unspecified atom stereocenters. The molecule has 0 aliphatic carbocycles. The molecule has 32 heavy (non-hydrogen) atoms. The van der Waals surface area contributed by atoms with Crippen LogP contribution in [0.3, 0.4) is 0 Å². The van der Waals surface area contributed by atoms with Crippen molar-refractivity contribution in [3.8, 4) is 11.8 Å². The Morgan fingerprint density at radius 2 is 1.78 bits per heavy atom. The van der Waals surface area contributed by atoms with Gasteiger partial charge in [-0.2, -0.15) is 0 Å². The van der Waals surface area contributed by atoms with Gasteiger partial charge >= 0.3 is 0 Å². The van der Waals surface area contributed by atoms with Crippen molar-refractivity contribution in [1.82, 2.24) is 9.80 Å². The fraction of sp³-hybridized carbons (Fsp3) is 0.444. The number of aliphatic hydroxyl groups is 1. The number of hydrogen-bond donors (Lipinski definition) is 1. The van der Waals surface area contributed by atoms with Gasteiger partial charge in [-0.15, -0.1) is 0 Å². The second kappa shape index (κ2) is 9.85. The summed E-state index contributed by atoms with van der Waals surface area (Å²) in [5.41, 5.74) is 2.68. The molecule has 1 N–H and O–H groups in total. The molecule has 2 aromatic carbocycles. The second-order valence-electron chi connectivity index (χ2n) is 9.09. The molecule has 0 radical (unpaired) electrons. The summed E-state index contributed by atoms with van der Waals surface area (Å²) in [4.78, 5) is 17.4. The molecule has 2 aliphatic heterocycles. The first-order chi connectivity index (χ1) is 15.5. The lowest BCUT2D eigenvalue weighted by Gasteiger charge is -2.57. The number of amides is 1. The maximum atomic E-state index is 13.3. The van der Waals surface area contributed by atoms with Crippen LogP contribution in [-0.4, -0.2) is 59.1 Å². The van der Waals surface area contributed by atoms with Crippen molar-refractivity contribution in [2.24, 2.45) is 5.92 Å².